The minimum Gasteiger partial charge on any atom is -0.494 e. The molecule has 0 saturated heterocycles. The second-order valence-corrected chi connectivity index (χ2v) is 10.9. The fraction of sp³-hybridized carbons (Fsp3) is 0.406. The van der Waals surface area contributed by atoms with Gasteiger partial charge in [-0.25, -0.2) is 5.01 Å². The van der Waals surface area contributed by atoms with E-state index in [1.165, 1.54) is 32.1 Å². The zero-order chi connectivity index (χ0) is 26.3. The zero-order valence-corrected chi connectivity index (χ0v) is 24.0. The van der Waals surface area contributed by atoms with Crippen LogP contribution in [0.4, 0.5) is 0 Å². The first-order valence-corrected chi connectivity index (χ1v) is 14.7. The number of hydrogen-bond donors (Lipinski definition) is 0. The van der Waals surface area contributed by atoms with Gasteiger partial charge in [-0.15, -0.1) is 0 Å². The van der Waals surface area contributed by atoms with Crippen molar-refractivity contribution in [3.8, 4) is 17.2 Å². The van der Waals surface area contributed by atoms with E-state index >= 15 is 0 Å². The molecule has 3 aromatic carbocycles. The van der Waals surface area contributed by atoms with E-state index in [1.807, 2.05) is 25.1 Å². The highest BCUT2D eigenvalue weighted by Crippen LogP contribution is 2.48. The number of rotatable bonds is 12. The quantitative estimate of drug-likeness (QED) is 0.202. The molecular weight excluding hydrogens is 540 g/mol. The maximum Gasteiger partial charge on any atom is 0.213 e. The van der Waals surface area contributed by atoms with Crippen LogP contribution < -0.4 is 14.2 Å². The summed E-state index contributed by atoms with van der Waals surface area (Å²) in [6.07, 6.45) is 8.07. The van der Waals surface area contributed by atoms with Crippen molar-refractivity contribution in [2.24, 2.45) is 5.10 Å². The molecule has 5 rings (SSSR count). The second-order valence-electron chi connectivity index (χ2n) is 9.94. The first kappa shape index (κ1) is 26.6. The highest BCUT2D eigenvalue weighted by atomic mass is 79.9. The van der Waals surface area contributed by atoms with Gasteiger partial charge >= 0.3 is 0 Å². The second kappa shape index (κ2) is 12.7. The Morgan fingerprint density at radius 2 is 1.58 bits per heavy atom. The number of nitrogens with zero attached hydrogens (tertiary/aromatic N) is 2. The lowest BCUT2D eigenvalue weighted by atomic mass is 9.96. The molecule has 0 aromatic heterocycles. The first-order valence-electron chi connectivity index (χ1n) is 13.9. The van der Waals surface area contributed by atoms with Crippen LogP contribution in [0.1, 0.15) is 87.8 Å². The molecule has 38 heavy (non-hydrogen) atoms. The fourth-order valence-electron chi connectivity index (χ4n) is 5.16. The molecule has 5 nitrogen and oxygen atoms in total. The summed E-state index contributed by atoms with van der Waals surface area (Å²) in [5, 5.41) is 7.21. The topological polar surface area (TPSA) is 43.3 Å². The van der Waals surface area contributed by atoms with Crippen molar-refractivity contribution in [1.29, 1.82) is 0 Å². The number of hydrogen-bond acceptors (Lipinski definition) is 5. The Labute approximate surface area is 234 Å². The van der Waals surface area contributed by atoms with Gasteiger partial charge in [-0.1, -0.05) is 55.0 Å². The Hall–Kier alpha value is -2.99. The summed E-state index contributed by atoms with van der Waals surface area (Å²) >= 11 is 3.64. The van der Waals surface area contributed by atoms with E-state index in [0.29, 0.717) is 6.61 Å². The Bertz CT molecular complexity index is 1230. The largest absolute Gasteiger partial charge is 0.494 e. The van der Waals surface area contributed by atoms with Crippen molar-refractivity contribution in [3.05, 3.63) is 87.9 Å². The minimum atomic E-state index is -0.304. The van der Waals surface area contributed by atoms with Gasteiger partial charge in [-0.05, 0) is 85.6 Å². The zero-order valence-electron chi connectivity index (χ0n) is 22.4. The van der Waals surface area contributed by atoms with Gasteiger partial charge in [0.05, 0.1) is 25.0 Å². The van der Waals surface area contributed by atoms with Gasteiger partial charge < -0.3 is 14.2 Å². The van der Waals surface area contributed by atoms with E-state index in [0.717, 1.165) is 63.6 Å². The van der Waals surface area contributed by atoms with Crippen LogP contribution in [0.3, 0.4) is 0 Å². The third kappa shape index (κ3) is 6.17. The molecule has 0 bridgehead atoms. The molecule has 0 unspecified atom stereocenters. The minimum absolute atomic E-state index is 0.103. The standard InChI is InChI=1S/C32H37BrN2O3/c1-3-5-6-7-8-9-20-37-27-17-12-24(13-18-27)32-35-30(28-21-25(33)14-19-31(28)38-32)22-29(34-35)23-10-15-26(16-11-23)36-4-2/h10-19,21,30,32H,3-9,20,22H2,1-2H3/t30-,32-/m1/s1. The number of benzene rings is 3. The average Bonchev–Trinajstić information content (AvgIpc) is 3.39. The predicted octanol–water partition coefficient (Wildman–Crippen LogP) is 8.83. The molecule has 0 radical (unpaired) electrons. The monoisotopic (exact) mass is 576 g/mol. The van der Waals surface area contributed by atoms with Gasteiger partial charge in [-0.3, -0.25) is 0 Å². The number of unbranched alkanes of at least 4 members (excludes halogenated alkanes) is 5. The number of halogens is 1. The molecule has 2 heterocycles. The van der Waals surface area contributed by atoms with Crippen LogP contribution in [0.25, 0.3) is 0 Å². The summed E-state index contributed by atoms with van der Waals surface area (Å²) in [7, 11) is 0. The first-order chi connectivity index (χ1) is 18.7. The molecule has 0 amide bonds. The molecule has 200 valence electrons. The van der Waals surface area contributed by atoms with Crippen LogP contribution in [0.15, 0.2) is 76.3 Å². The summed E-state index contributed by atoms with van der Waals surface area (Å²) in [6.45, 7) is 5.66. The van der Waals surface area contributed by atoms with E-state index in [-0.39, 0.29) is 12.3 Å². The van der Waals surface area contributed by atoms with Crippen molar-refractivity contribution < 1.29 is 14.2 Å². The maximum atomic E-state index is 6.54. The van der Waals surface area contributed by atoms with Crippen molar-refractivity contribution in [3.63, 3.8) is 0 Å². The van der Waals surface area contributed by atoms with E-state index in [9.17, 15) is 0 Å². The summed E-state index contributed by atoms with van der Waals surface area (Å²) < 4.78 is 19.2. The van der Waals surface area contributed by atoms with Crippen molar-refractivity contribution in [2.45, 2.75) is 71.1 Å². The molecule has 6 heteroatoms. The SMILES string of the molecule is CCCCCCCCOc1ccc([C@H]2Oc3ccc(Br)cc3[C@H]3CC(c4ccc(OCC)cc4)=NN32)cc1. The molecule has 2 atom stereocenters. The Morgan fingerprint density at radius 1 is 0.868 bits per heavy atom. The van der Waals surface area contributed by atoms with Gasteiger partial charge in [0, 0.05) is 22.0 Å². The third-order valence-electron chi connectivity index (χ3n) is 7.18. The van der Waals surface area contributed by atoms with Crippen LogP contribution in [-0.4, -0.2) is 23.9 Å². The average molecular weight is 578 g/mol. The summed E-state index contributed by atoms with van der Waals surface area (Å²) in [4.78, 5) is 0. The van der Waals surface area contributed by atoms with E-state index in [1.54, 1.807) is 0 Å². The smallest absolute Gasteiger partial charge is 0.213 e. The molecule has 0 fully saturated rings. The van der Waals surface area contributed by atoms with Crippen molar-refractivity contribution in [2.75, 3.05) is 13.2 Å². The lowest BCUT2D eigenvalue weighted by Gasteiger charge is -2.38. The molecule has 3 aromatic rings. The molecule has 0 spiro atoms. The van der Waals surface area contributed by atoms with Gasteiger partial charge in [-0.2, -0.15) is 5.10 Å². The van der Waals surface area contributed by atoms with Crippen LogP contribution in [0, 0.1) is 0 Å². The number of ether oxygens (including phenoxy) is 3. The van der Waals surface area contributed by atoms with Crippen LogP contribution >= 0.6 is 15.9 Å². The summed E-state index contributed by atoms with van der Waals surface area (Å²) in [6, 6.07) is 22.9. The third-order valence-corrected chi connectivity index (χ3v) is 7.68. The lowest BCUT2D eigenvalue weighted by molar-refractivity contribution is -0.0191. The van der Waals surface area contributed by atoms with Crippen molar-refractivity contribution >= 4 is 21.6 Å². The molecule has 2 aliphatic heterocycles. The molecule has 0 N–H and O–H groups in total. The fourth-order valence-corrected chi connectivity index (χ4v) is 5.54. The van der Waals surface area contributed by atoms with Gasteiger partial charge in [0.15, 0.2) is 0 Å². The van der Waals surface area contributed by atoms with Gasteiger partial charge in [0.1, 0.15) is 17.2 Å². The predicted molar refractivity (Wildman–Crippen MR) is 156 cm³/mol. The van der Waals surface area contributed by atoms with Crippen LogP contribution in [0.2, 0.25) is 0 Å². The molecule has 2 aliphatic rings. The van der Waals surface area contributed by atoms with Crippen molar-refractivity contribution in [1.82, 2.24) is 5.01 Å². The summed E-state index contributed by atoms with van der Waals surface area (Å²) in [5.74, 6) is 2.69. The summed E-state index contributed by atoms with van der Waals surface area (Å²) in [5.41, 5.74) is 4.38. The number of fused-ring (bicyclic) bond motifs is 3. The highest BCUT2D eigenvalue weighted by Gasteiger charge is 2.41. The Kier molecular flexibility index (Phi) is 8.90. The molecule has 0 aliphatic carbocycles. The van der Waals surface area contributed by atoms with E-state index in [2.05, 4.69) is 76.4 Å². The lowest BCUT2D eigenvalue weighted by Crippen LogP contribution is -2.33. The highest BCUT2D eigenvalue weighted by molar-refractivity contribution is 9.10. The van der Waals surface area contributed by atoms with Crippen LogP contribution in [-0.2, 0) is 0 Å². The van der Waals surface area contributed by atoms with E-state index < -0.39 is 0 Å². The maximum absolute atomic E-state index is 6.54. The molecule has 0 saturated carbocycles. The van der Waals surface area contributed by atoms with E-state index in [4.69, 9.17) is 19.3 Å². The Balaban J connectivity index is 1.32. The molecular formula is C32H37BrN2O3. The normalized spacial score (nSPS) is 17.9. The Morgan fingerprint density at radius 3 is 2.34 bits per heavy atom. The van der Waals surface area contributed by atoms with Gasteiger partial charge in [0.2, 0.25) is 6.23 Å². The number of hydrazone groups is 1. The van der Waals surface area contributed by atoms with Crippen LogP contribution in [0.5, 0.6) is 17.2 Å². The van der Waals surface area contributed by atoms with Gasteiger partial charge in [0.25, 0.3) is 0 Å².